The summed E-state index contributed by atoms with van der Waals surface area (Å²) in [6.07, 6.45) is 0. The maximum atomic E-state index is 13.5. The van der Waals surface area contributed by atoms with Crippen molar-refractivity contribution in [2.24, 2.45) is 0 Å². The summed E-state index contributed by atoms with van der Waals surface area (Å²) in [7, 11) is 3.87. The molecule has 0 saturated heterocycles. The quantitative estimate of drug-likeness (QED) is 0.838. The van der Waals surface area contributed by atoms with Crippen LogP contribution in [0.2, 0.25) is 5.02 Å². The first-order valence-corrected chi connectivity index (χ1v) is 6.14. The highest BCUT2D eigenvalue weighted by molar-refractivity contribution is 6.31. The molecular weight excluding hydrogens is 265 g/mol. The molecule has 0 aliphatic rings. The third-order valence-corrected chi connectivity index (χ3v) is 3.04. The van der Waals surface area contributed by atoms with Gasteiger partial charge in [0, 0.05) is 20.2 Å². The first kappa shape index (κ1) is 13.5. The van der Waals surface area contributed by atoms with Gasteiger partial charge in [0.2, 0.25) is 0 Å². The molecule has 0 atom stereocenters. The minimum Gasteiger partial charge on any atom is -0.397 e. The van der Waals surface area contributed by atoms with Crippen molar-refractivity contribution in [2.45, 2.75) is 0 Å². The fourth-order valence-corrected chi connectivity index (χ4v) is 1.96. The second-order valence-corrected chi connectivity index (χ2v) is 4.80. The Morgan fingerprint density at radius 1 is 1.16 bits per heavy atom. The Morgan fingerprint density at radius 3 is 2.53 bits per heavy atom. The lowest BCUT2D eigenvalue weighted by molar-refractivity contribution is 0.629. The smallest absolute Gasteiger partial charge is 0.144 e. The number of nitrogens with zero attached hydrogens (tertiary/aromatic N) is 1. The molecule has 100 valence electrons. The molecule has 2 rings (SSSR count). The van der Waals surface area contributed by atoms with Gasteiger partial charge >= 0.3 is 0 Å². The van der Waals surface area contributed by atoms with Crippen LogP contribution in [0.15, 0.2) is 36.4 Å². The first-order valence-electron chi connectivity index (χ1n) is 5.77. The molecule has 2 aromatic carbocycles. The lowest BCUT2D eigenvalue weighted by atomic mass is 10.2. The van der Waals surface area contributed by atoms with Gasteiger partial charge in [-0.25, -0.2) is 4.39 Å². The molecule has 5 heteroatoms. The van der Waals surface area contributed by atoms with Crippen molar-refractivity contribution in [3.05, 3.63) is 47.2 Å². The Morgan fingerprint density at radius 2 is 1.84 bits per heavy atom. The fraction of sp³-hybridized carbons (Fsp3) is 0.143. The molecule has 2 aromatic rings. The second-order valence-electron chi connectivity index (χ2n) is 4.39. The van der Waals surface area contributed by atoms with Crippen molar-refractivity contribution in [3.8, 4) is 0 Å². The van der Waals surface area contributed by atoms with Gasteiger partial charge in [-0.1, -0.05) is 23.7 Å². The third-order valence-electron chi connectivity index (χ3n) is 2.75. The van der Waals surface area contributed by atoms with Crippen LogP contribution in [0.4, 0.5) is 27.1 Å². The molecule has 0 aliphatic carbocycles. The topological polar surface area (TPSA) is 41.3 Å². The summed E-state index contributed by atoms with van der Waals surface area (Å²) in [5.41, 5.74) is 8.57. The first-order chi connectivity index (χ1) is 8.99. The van der Waals surface area contributed by atoms with Gasteiger partial charge in [0.15, 0.2) is 0 Å². The third kappa shape index (κ3) is 2.90. The molecule has 19 heavy (non-hydrogen) atoms. The second kappa shape index (κ2) is 5.36. The van der Waals surface area contributed by atoms with E-state index < -0.39 is 5.82 Å². The van der Waals surface area contributed by atoms with Crippen molar-refractivity contribution < 1.29 is 4.39 Å². The zero-order valence-corrected chi connectivity index (χ0v) is 11.5. The molecule has 0 unspecified atom stereocenters. The number of halogens is 2. The predicted molar refractivity (Wildman–Crippen MR) is 79.9 cm³/mol. The van der Waals surface area contributed by atoms with Crippen LogP contribution in [-0.2, 0) is 0 Å². The Labute approximate surface area is 116 Å². The summed E-state index contributed by atoms with van der Waals surface area (Å²) in [6.45, 7) is 0. The van der Waals surface area contributed by atoms with Gasteiger partial charge in [0.1, 0.15) is 5.82 Å². The summed E-state index contributed by atoms with van der Waals surface area (Å²) in [5.74, 6) is -0.499. The van der Waals surface area contributed by atoms with Crippen LogP contribution in [0.25, 0.3) is 0 Å². The van der Waals surface area contributed by atoms with Crippen LogP contribution in [0.1, 0.15) is 0 Å². The van der Waals surface area contributed by atoms with Crippen LogP contribution < -0.4 is 16.0 Å². The molecule has 0 spiro atoms. The van der Waals surface area contributed by atoms with E-state index in [-0.39, 0.29) is 5.02 Å². The lowest BCUT2D eigenvalue weighted by Crippen LogP contribution is -2.11. The normalized spacial score (nSPS) is 10.3. The Balaban J connectivity index is 2.39. The highest BCUT2D eigenvalue weighted by Crippen LogP contribution is 2.32. The number of nitrogen functional groups attached to an aromatic ring is 1. The van der Waals surface area contributed by atoms with E-state index in [0.717, 1.165) is 11.4 Å². The van der Waals surface area contributed by atoms with Gasteiger partial charge in [-0.2, -0.15) is 0 Å². The SMILES string of the molecule is CN(C)c1ccccc1Nc1cc(F)c(Cl)cc1N. The number of rotatable bonds is 3. The maximum Gasteiger partial charge on any atom is 0.144 e. The molecule has 3 nitrogen and oxygen atoms in total. The van der Waals surface area contributed by atoms with Gasteiger partial charge < -0.3 is 16.0 Å². The Bertz CT molecular complexity index is 599. The van der Waals surface area contributed by atoms with Crippen LogP contribution in [-0.4, -0.2) is 14.1 Å². The van der Waals surface area contributed by atoms with E-state index in [0.29, 0.717) is 11.4 Å². The van der Waals surface area contributed by atoms with Crippen LogP contribution >= 0.6 is 11.6 Å². The molecule has 0 saturated carbocycles. The number of benzene rings is 2. The van der Waals surface area contributed by atoms with Gasteiger partial charge in [-0.05, 0) is 18.2 Å². The minimum absolute atomic E-state index is 0.0175. The van der Waals surface area contributed by atoms with E-state index in [4.69, 9.17) is 17.3 Å². The van der Waals surface area contributed by atoms with Crippen LogP contribution in [0.3, 0.4) is 0 Å². The average Bonchev–Trinajstić information content (AvgIpc) is 2.36. The Kier molecular flexibility index (Phi) is 3.81. The van der Waals surface area contributed by atoms with Crippen molar-refractivity contribution >= 4 is 34.4 Å². The van der Waals surface area contributed by atoms with Crippen molar-refractivity contribution in [2.75, 3.05) is 30.0 Å². The van der Waals surface area contributed by atoms with Crippen molar-refractivity contribution in [1.82, 2.24) is 0 Å². The summed E-state index contributed by atoms with van der Waals surface area (Å²) in [5, 5.41) is 3.14. The molecule has 0 aliphatic heterocycles. The van der Waals surface area contributed by atoms with Gasteiger partial charge in [-0.15, -0.1) is 0 Å². The molecule has 0 aromatic heterocycles. The predicted octanol–water partition coefficient (Wildman–Crippen LogP) is 3.87. The number of nitrogens with one attached hydrogen (secondary N) is 1. The average molecular weight is 280 g/mol. The van der Waals surface area contributed by atoms with Gasteiger partial charge in [0.05, 0.1) is 27.8 Å². The summed E-state index contributed by atoms with van der Waals surface area (Å²) >= 11 is 5.68. The minimum atomic E-state index is -0.499. The maximum absolute atomic E-state index is 13.5. The zero-order chi connectivity index (χ0) is 14.0. The van der Waals surface area contributed by atoms with Crippen LogP contribution in [0.5, 0.6) is 0 Å². The van der Waals surface area contributed by atoms with E-state index in [2.05, 4.69) is 5.32 Å². The molecule has 0 heterocycles. The van der Waals surface area contributed by atoms with Gasteiger partial charge in [0.25, 0.3) is 0 Å². The molecule has 0 radical (unpaired) electrons. The number of anilines is 4. The molecule has 0 bridgehead atoms. The monoisotopic (exact) mass is 279 g/mol. The zero-order valence-electron chi connectivity index (χ0n) is 10.7. The largest absolute Gasteiger partial charge is 0.397 e. The summed E-state index contributed by atoms with van der Waals surface area (Å²) in [6, 6.07) is 10.4. The van der Waals surface area contributed by atoms with E-state index in [1.807, 2.05) is 43.3 Å². The molecule has 3 N–H and O–H groups in total. The summed E-state index contributed by atoms with van der Waals surface area (Å²) < 4.78 is 13.5. The number of hydrogen-bond donors (Lipinski definition) is 2. The van der Waals surface area contributed by atoms with Crippen molar-refractivity contribution in [1.29, 1.82) is 0 Å². The van der Waals surface area contributed by atoms with E-state index in [9.17, 15) is 4.39 Å². The van der Waals surface area contributed by atoms with Gasteiger partial charge in [-0.3, -0.25) is 0 Å². The standard InChI is InChI=1S/C14H15ClFN3/c1-19(2)14-6-4-3-5-12(14)18-13-8-10(16)9(15)7-11(13)17/h3-8,18H,17H2,1-2H3. The fourth-order valence-electron chi connectivity index (χ4n) is 1.78. The molecule has 0 fully saturated rings. The highest BCUT2D eigenvalue weighted by atomic mass is 35.5. The summed E-state index contributed by atoms with van der Waals surface area (Å²) in [4.78, 5) is 1.96. The van der Waals surface area contributed by atoms with E-state index in [1.165, 1.54) is 12.1 Å². The highest BCUT2D eigenvalue weighted by Gasteiger charge is 2.09. The van der Waals surface area contributed by atoms with Crippen LogP contribution in [0, 0.1) is 5.82 Å². The lowest BCUT2D eigenvalue weighted by Gasteiger charge is -2.19. The molecule has 0 amide bonds. The van der Waals surface area contributed by atoms with Crippen molar-refractivity contribution in [3.63, 3.8) is 0 Å². The number of para-hydroxylation sites is 2. The van der Waals surface area contributed by atoms with E-state index >= 15 is 0 Å². The number of hydrogen-bond acceptors (Lipinski definition) is 3. The number of nitrogens with two attached hydrogens (primary N) is 1. The van der Waals surface area contributed by atoms with E-state index in [1.54, 1.807) is 0 Å². The Hall–Kier alpha value is -1.94. The molecular formula is C14H15ClFN3.